The van der Waals surface area contributed by atoms with Crippen LogP contribution in [-0.2, 0) is 9.53 Å². The van der Waals surface area contributed by atoms with E-state index in [1.54, 1.807) is 25.1 Å². The molecule has 2 aromatic carbocycles. The summed E-state index contributed by atoms with van der Waals surface area (Å²) in [6.07, 6.45) is 1.07. The maximum Gasteiger partial charge on any atom is 0.347 e. The molecule has 0 fully saturated rings. The SMILES string of the molecule is CC[C@@H](C)OC(=O)[C@H](C)Oc1ccc2c(=O)c(Oc3ccccc3C(C)C)coc2c1. The highest BCUT2D eigenvalue weighted by atomic mass is 16.6. The second-order valence-corrected chi connectivity index (χ2v) is 7.80. The summed E-state index contributed by atoms with van der Waals surface area (Å²) in [5.74, 6) is 0.946. The Morgan fingerprint density at radius 3 is 2.48 bits per heavy atom. The molecule has 6 nitrogen and oxygen atoms in total. The summed E-state index contributed by atoms with van der Waals surface area (Å²) < 4.78 is 22.5. The summed E-state index contributed by atoms with van der Waals surface area (Å²) in [6.45, 7) is 9.51. The number of fused-ring (bicyclic) bond motifs is 1. The first kappa shape index (κ1) is 22.4. The van der Waals surface area contributed by atoms with Crippen molar-refractivity contribution in [2.24, 2.45) is 0 Å². The van der Waals surface area contributed by atoms with E-state index in [1.165, 1.54) is 6.26 Å². The van der Waals surface area contributed by atoms with Gasteiger partial charge in [-0.3, -0.25) is 4.79 Å². The second-order valence-electron chi connectivity index (χ2n) is 7.80. The molecule has 0 spiro atoms. The van der Waals surface area contributed by atoms with Crippen LogP contribution in [0.1, 0.15) is 52.5 Å². The summed E-state index contributed by atoms with van der Waals surface area (Å²) in [5.41, 5.74) is 1.06. The maximum atomic E-state index is 12.9. The molecule has 164 valence electrons. The molecule has 3 aromatic rings. The Hall–Kier alpha value is -3.28. The van der Waals surface area contributed by atoms with E-state index >= 15 is 0 Å². The van der Waals surface area contributed by atoms with Crippen molar-refractivity contribution in [1.29, 1.82) is 0 Å². The first-order chi connectivity index (χ1) is 14.8. The van der Waals surface area contributed by atoms with Gasteiger partial charge in [-0.2, -0.15) is 0 Å². The zero-order valence-electron chi connectivity index (χ0n) is 18.5. The molecule has 1 aromatic heterocycles. The van der Waals surface area contributed by atoms with E-state index in [1.807, 2.05) is 38.1 Å². The van der Waals surface area contributed by atoms with Gasteiger partial charge in [-0.15, -0.1) is 0 Å². The maximum absolute atomic E-state index is 12.9. The highest BCUT2D eigenvalue weighted by molar-refractivity contribution is 5.79. The van der Waals surface area contributed by atoms with E-state index in [-0.39, 0.29) is 23.2 Å². The molecular weight excluding hydrogens is 396 g/mol. The third-order valence-electron chi connectivity index (χ3n) is 5.01. The molecule has 0 aliphatic carbocycles. The van der Waals surface area contributed by atoms with Crippen LogP contribution >= 0.6 is 0 Å². The van der Waals surface area contributed by atoms with Crippen LogP contribution in [0.4, 0.5) is 0 Å². The number of benzene rings is 2. The molecule has 0 aliphatic rings. The number of carbonyl (C=O) groups excluding carboxylic acids is 1. The lowest BCUT2D eigenvalue weighted by atomic mass is 10.0. The summed E-state index contributed by atoms with van der Waals surface area (Å²) in [4.78, 5) is 25.0. The summed E-state index contributed by atoms with van der Waals surface area (Å²) in [6, 6.07) is 12.4. The predicted molar refractivity (Wildman–Crippen MR) is 119 cm³/mol. The van der Waals surface area contributed by atoms with Gasteiger partial charge < -0.3 is 18.6 Å². The Labute approximate surface area is 181 Å². The van der Waals surface area contributed by atoms with Crippen molar-refractivity contribution in [2.45, 2.75) is 59.2 Å². The molecule has 6 heteroatoms. The smallest absolute Gasteiger partial charge is 0.347 e. The Morgan fingerprint density at radius 2 is 1.77 bits per heavy atom. The van der Waals surface area contributed by atoms with Crippen LogP contribution in [0.25, 0.3) is 11.0 Å². The number of hydrogen-bond acceptors (Lipinski definition) is 6. The fourth-order valence-electron chi connectivity index (χ4n) is 3.03. The monoisotopic (exact) mass is 424 g/mol. The van der Waals surface area contributed by atoms with Crippen LogP contribution in [0.5, 0.6) is 17.2 Å². The largest absolute Gasteiger partial charge is 0.479 e. The predicted octanol–water partition coefficient (Wildman–Crippen LogP) is 5.82. The average Bonchev–Trinajstić information content (AvgIpc) is 2.75. The van der Waals surface area contributed by atoms with Crippen LogP contribution in [0.15, 0.2) is 57.9 Å². The van der Waals surface area contributed by atoms with Gasteiger partial charge in [-0.25, -0.2) is 4.79 Å². The molecule has 31 heavy (non-hydrogen) atoms. The second kappa shape index (κ2) is 9.69. The molecule has 0 saturated carbocycles. The van der Waals surface area contributed by atoms with Crippen LogP contribution in [0.2, 0.25) is 0 Å². The molecule has 0 radical (unpaired) electrons. The van der Waals surface area contributed by atoms with E-state index < -0.39 is 12.1 Å². The lowest BCUT2D eigenvalue weighted by Gasteiger charge is -2.17. The fourth-order valence-corrected chi connectivity index (χ4v) is 3.03. The van der Waals surface area contributed by atoms with Gasteiger partial charge in [0.2, 0.25) is 11.2 Å². The standard InChI is InChI=1S/C25H28O6/c1-6-16(4)29-25(27)17(5)30-18-11-12-20-22(13-18)28-14-23(24(20)26)31-21-10-8-7-9-19(21)15(2)3/h7-17H,6H2,1-5H3/t16-,17+/m1/s1. The number of ether oxygens (including phenoxy) is 3. The molecule has 0 bridgehead atoms. The highest BCUT2D eigenvalue weighted by Crippen LogP contribution is 2.30. The van der Waals surface area contributed by atoms with Crippen molar-refractivity contribution in [3.63, 3.8) is 0 Å². The van der Waals surface area contributed by atoms with Crippen LogP contribution < -0.4 is 14.9 Å². The van der Waals surface area contributed by atoms with Crippen molar-refractivity contribution in [2.75, 3.05) is 0 Å². The van der Waals surface area contributed by atoms with E-state index in [0.717, 1.165) is 12.0 Å². The lowest BCUT2D eigenvalue weighted by molar-refractivity contribution is -0.155. The quantitative estimate of drug-likeness (QED) is 0.424. The third kappa shape index (κ3) is 5.26. The molecular formula is C25H28O6. The lowest BCUT2D eigenvalue weighted by Crippen LogP contribution is -2.29. The number of para-hydroxylation sites is 1. The Kier molecular flexibility index (Phi) is 7.00. The average molecular weight is 424 g/mol. The molecule has 3 rings (SSSR count). The van der Waals surface area contributed by atoms with Crippen molar-refractivity contribution < 1.29 is 23.4 Å². The molecule has 0 N–H and O–H groups in total. The van der Waals surface area contributed by atoms with Gasteiger partial charge in [0, 0.05) is 6.07 Å². The van der Waals surface area contributed by atoms with Gasteiger partial charge in [-0.1, -0.05) is 39.0 Å². The normalized spacial score (nSPS) is 13.1. The van der Waals surface area contributed by atoms with E-state index in [4.69, 9.17) is 18.6 Å². The van der Waals surface area contributed by atoms with Gasteiger partial charge in [0.15, 0.2) is 6.10 Å². The number of hydrogen-bond donors (Lipinski definition) is 0. The minimum absolute atomic E-state index is 0.111. The first-order valence-electron chi connectivity index (χ1n) is 10.5. The minimum Gasteiger partial charge on any atom is -0.479 e. The molecule has 2 atom stereocenters. The van der Waals surface area contributed by atoms with Crippen molar-refractivity contribution in [3.05, 3.63) is 64.5 Å². The molecule has 0 amide bonds. The van der Waals surface area contributed by atoms with Crippen LogP contribution in [-0.4, -0.2) is 18.2 Å². The van der Waals surface area contributed by atoms with Crippen molar-refractivity contribution in [1.82, 2.24) is 0 Å². The molecule has 0 unspecified atom stereocenters. The van der Waals surface area contributed by atoms with Crippen molar-refractivity contribution >= 4 is 16.9 Å². The van der Waals surface area contributed by atoms with E-state index in [2.05, 4.69) is 13.8 Å². The fraction of sp³-hybridized carbons (Fsp3) is 0.360. The highest BCUT2D eigenvalue weighted by Gasteiger charge is 2.19. The van der Waals surface area contributed by atoms with Gasteiger partial charge in [0.1, 0.15) is 23.3 Å². The van der Waals surface area contributed by atoms with Gasteiger partial charge in [0.05, 0.1) is 11.5 Å². The number of esters is 1. The van der Waals surface area contributed by atoms with Crippen LogP contribution in [0, 0.1) is 0 Å². The summed E-state index contributed by atoms with van der Waals surface area (Å²) >= 11 is 0. The Balaban J connectivity index is 1.82. The Bertz CT molecular complexity index is 1110. The number of rotatable bonds is 8. The van der Waals surface area contributed by atoms with Crippen molar-refractivity contribution in [3.8, 4) is 17.2 Å². The van der Waals surface area contributed by atoms with Crippen LogP contribution in [0.3, 0.4) is 0 Å². The van der Waals surface area contributed by atoms with E-state index in [0.29, 0.717) is 22.5 Å². The van der Waals surface area contributed by atoms with Gasteiger partial charge in [-0.05, 0) is 49.9 Å². The third-order valence-corrected chi connectivity index (χ3v) is 5.01. The van der Waals surface area contributed by atoms with Gasteiger partial charge in [0.25, 0.3) is 0 Å². The number of carbonyl (C=O) groups is 1. The zero-order valence-corrected chi connectivity index (χ0v) is 18.5. The minimum atomic E-state index is -0.784. The topological polar surface area (TPSA) is 75.0 Å². The first-order valence-corrected chi connectivity index (χ1v) is 10.5. The Morgan fingerprint density at radius 1 is 1.03 bits per heavy atom. The molecule has 1 heterocycles. The summed E-state index contributed by atoms with van der Waals surface area (Å²) in [7, 11) is 0. The zero-order chi connectivity index (χ0) is 22.5. The molecule has 0 saturated heterocycles. The molecule has 0 aliphatic heterocycles. The van der Waals surface area contributed by atoms with Gasteiger partial charge >= 0.3 is 5.97 Å². The summed E-state index contributed by atoms with van der Waals surface area (Å²) in [5, 5.41) is 0.363. The van der Waals surface area contributed by atoms with E-state index in [9.17, 15) is 9.59 Å².